The molecule has 0 atom stereocenters. The van der Waals surface area contributed by atoms with E-state index in [2.05, 4.69) is 41.8 Å². The Morgan fingerprint density at radius 3 is 1.65 bits per heavy atom. The van der Waals surface area contributed by atoms with Gasteiger partial charge in [-0.25, -0.2) is 9.97 Å². The van der Waals surface area contributed by atoms with Crippen LogP contribution in [-0.2, 0) is 9.59 Å². The van der Waals surface area contributed by atoms with E-state index in [9.17, 15) is 9.59 Å². The second-order valence-electron chi connectivity index (χ2n) is 4.72. The van der Waals surface area contributed by atoms with Gasteiger partial charge in [-0.15, -0.1) is 0 Å². The Morgan fingerprint density at radius 1 is 0.913 bits per heavy atom. The van der Waals surface area contributed by atoms with Crippen LogP contribution in [0.4, 0.5) is 0 Å². The first-order valence-electron chi connectivity index (χ1n) is 6.51. The van der Waals surface area contributed by atoms with E-state index in [1.807, 2.05) is 13.8 Å². The molecule has 2 aromatic heterocycles. The molecule has 0 bridgehead atoms. The molecular formula is C15H12Br2N2O4. The summed E-state index contributed by atoms with van der Waals surface area (Å²) in [7, 11) is 0. The molecule has 0 amide bonds. The van der Waals surface area contributed by atoms with Gasteiger partial charge in [0.1, 0.15) is 6.42 Å². The van der Waals surface area contributed by atoms with Crippen molar-refractivity contribution in [1.29, 1.82) is 0 Å². The minimum absolute atomic E-state index is 0.100. The van der Waals surface area contributed by atoms with Gasteiger partial charge in [-0.3, -0.25) is 9.59 Å². The molecule has 23 heavy (non-hydrogen) atoms. The lowest BCUT2D eigenvalue weighted by atomic mass is 10.3. The van der Waals surface area contributed by atoms with E-state index in [1.165, 1.54) is 0 Å². The highest BCUT2D eigenvalue weighted by molar-refractivity contribution is 9.10. The second kappa shape index (κ2) is 7.65. The normalized spacial score (nSPS) is 10.3. The topological polar surface area (TPSA) is 78.4 Å². The monoisotopic (exact) mass is 442 g/mol. The summed E-state index contributed by atoms with van der Waals surface area (Å²) in [6.45, 7) is 3.71. The first-order chi connectivity index (χ1) is 10.8. The third-order valence-corrected chi connectivity index (χ3v) is 3.73. The predicted molar refractivity (Wildman–Crippen MR) is 89.2 cm³/mol. The summed E-state index contributed by atoms with van der Waals surface area (Å²) in [5.41, 5.74) is 1.82. The van der Waals surface area contributed by atoms with Crippen LogP contribution in [0.2, 0.25) is 0 Å². The molecule has 8 heteroatoms. The van der Waals surface area contributed by atoms with Gasteiger partial charge in [0.05, 0.1) is 8.95 Å². The average Bonchev–Trinajstić information content (AvgIpc) is 2.45. The third kappa shape index (κ3) is 5.11. The van der Waals surface area contributed by atoms with E-state index in [0.29, 0.717) is 8.95 Å². The summed E-state index contributed by atoms with van der Waals surface area (Å²) in [5, 5.41) is 0. The van der Waals surface area contributed by atoms with Gasteiger partial charge in [0, 0.05) is 12.4 Å². The first-order valence-corrected chi connectivity index (χ1v) is 8.09. The van der Waals surface area contributed by atoms with Gasteiger partial charge in [0.2, 0.25) is 11.8 Å². The molecule has 0 saturated carbocycles. The van der Waals surface area contributed by atoms with Crippen LogP contribution >= 0.6 is 31.9 Å². The number of rotatable bonds is 4. The summed E-state index contributed by atoms with van der Waals surface area (Å²) in [6.07, 6.45) is 2.56. The smallest absolute Gasteiger partial charge is 0.323 e. The van der Waals surface area contributed by atoms with Gasteiger partial charge >= 0.3 is 11.9 Å². The Labute approximate surface area is 149 Å². The van der Waals surface area contributed by atoms with Gasteiger partial charge in [0.25, 0.3) is 0 Å². The SMILES string of the molecule is Cc1cnc(OC(=O)CC(=O)Oc2ncc(C)cc2Br)c(Br)c1. The van der Waals surface area contributed by atoms with Crippen LogP contribution in [0.3, 0.4) is 0 Å². The highest BCUT2D eigenvalue weighted by Gasteiger charge is 2.17. The lowest BCUT2D eigenvalue weighted by Crippen LogP contribution is -2.19. The van der Waals surface area contributed by atoms with Crippen LogP contribution in [-0.4, -0.2) is 21.9 Å². The number of aryl methyl sites for hydroxylation is 2. The first kappa shape index (κ1) is 17.6. The number of carbonyl (C=O) groups excluding carboxylic acids is 2. The van der Waals surface area contributed by atoms with E-state index >= 15 is 0 Å². The maximum atomic E-state index is 11.8. The molecule has 0 N–H and O–H groups in total. The Balaban J connectivity index is 1.95. The van der Waals surface area contributed by atoms with Crippen molar-refractivity contribution < 1.29 is 19.1 Å². The van der Waals surface area contributed by atoms with Crippen LogP contribution < -0.4 is 9.47 Å². The van der Waals surface area contributed by atoms with Crippen LogP contribution in [0.5, 0.6) is 11.8 Å². The molecule has 0 aliphatic heterocycles. The van der Waals surface area contributed by atoms with E-state index in [-0.39, 0.29) is 11.8 Å². The molecule has 0 spiro atoms. The summed E-state index contributed by atoms with van der Waals surface area (Å²) in [5.74, 6) is -1.34. The maximum absolute atomic E-state index is 11.8. The van der Waals surface area contributed by atoms with Crippen molar-refractivity contribution in [3.63, 3.8) is 0 Å². The largest absolute Gasteiger partial charge is 0.406 e. The van der Waals surface area contributed by atoms with E-state index in [1.54, 1.807) is 24.5 Å². The van der Waals surface area contributed by atoms with Crippen LogP contribution in [0.25, 0.3) is 0 Å². The molecule has 0 fully saturated rings. The fraction of sp³-hybridized carbons (Fsp3) is 0.200. The zero-order valence-corrected chi connectivity index (χ0v) is 15.5. The molecule has 6 nitrogen and oxygen atoms in total. The number of halogens is 2. The molecule has 2 rings (SSSR count). The lowest BCUT2D eigenvalue weighted by Gasteiger charge is -2.07. The van der Waals surface area contributed by atoms with Crippen molar-refractivity contribution in [2.24, 2.45) is 0 Å². The number of carbonyl (C=O) groups is 2. The molecule has 2 aromatic rings. The molecule has 0 aliphatic carbocycles. The highest BCUT2D eigenvalue weighted by atomic mass is 79.9. The van der Waals surface area contributed by atoms with E-state index < -0.39 is 18.4 Å². The Hall–Kier alpha value is -1.80. The van der Waals surface area contributed by atoms with Crippen molar-refractivity contribution in [3.8, 4) is 11.8 Å². The van der Waals surface area contributed by atoms with Crippen molar-refractivity contribution in [2.75, 3.05) is 0 Å². The van der Waals surface area contributed by atoms with Gasteiger partial charge in [-0.2, -0.15) is 0 Å². The number of nitrogens with zero attached hydrogens (tertiary/aromatic N) is 2. The number of esters is 2. The highest BCUT2D eigenvalue weighted by Crippen LogP contribution is 2.24. The molecule has 2 heterocycles. The summed E-state index contributed by atoms with van der Waals surface area (Å²) in [6, 6.07) is 3.50. The van der Waals surface area contributed by atoms with Gasteiger partial charge in [-0.05, 0) is 69.0 Å². The summed E-state index contributed by atoms with van der Waals surface area (Å²) >= 11 is 6.48. The molecule has 0 radical (unpaired) electrons. The number of aromatic nitrogens is 2. The van der Waals surface area contributed by atoms with Crippen LogP contribution in [0.15, 0.2) is 33.5 Å². The number of hydrogen-bond acceptors (Lipinski definition) is 6. The molecule has 0 aliphatic rings. The second-order valence-corrected chi connectivity index (χ2v) is 6.43. The number of pyridine rings is 2. The van der Waals surface area contributed by atoms with Crippen molar-refractivity contribution in [2.45, 2.75) is 20.3 Å². The number of ether oxygens (including phenoxy) is 2. The Kier molecular flexibility index (Phi) is 5.84. The summed E-state index contributed by atoms with van der Waals surface area (Å²) in [4.78, 5) is 31.5. The van der Waals surface area contributed by atoms with Crippen LogP contribution in [0, 0.1) is 13.8 Å². The predicted octanol–water partition coefficient (Wildman–Crippen LogP) is 3.52. The van der Waals surface area contributed by atoms with E-state index in [4.69, 9.17) is 9.47 Å². The molecule has 120 valence electrons. The minimum atomic E-state index is -0.768. The van der Waals surface area contributed by atoms with Gasteiger partial charge < -0.3 is 9.47 Å². The standard InChI is InChI=1S/C15H12Br2N2O4/c1-8-3-10(16)14(18-6-8)22-12(20)5-13(21)23-15-11(17)4-9(2)7-19-15/h3-4,6-7H,5H2,1-2H3. The molecule has 0 saturated heterocycles. The van der Waals surface area contributed by atoms with Crippen molar-refractivity contribution >= 4 is 43.8 Å². The average molecular weight is 444 g/mol. The fourth-order valence-corrected chi connectivity index (χ4v) is 2.69. The zero-order chi connectivity index (χ0) is 17.0. The Bertz CT molecular complexity index is 702. The fourth-order valence-electron chi connectivity index (χ4n) is 1.60. The third-order valence-electron chi connectivity index (χ3n) is 2.60. The van der Waals surface area contributed by atoms with Crippen molar-refractivity contribution in [1.82, 2.24) is 9.97 Å². The molecular weight excluding hydrogens is 432 g/mol. The maximum Gasteiger partial charge on any atom is 0.323 e. The molecule has 0 unspecified atom stereocenters. The quantitative estimate of drug-likeness (QED) is 0.531. The van der Waals surface area contributed by atoms with Gasteiger partial charge in [-0.1, -0.05) is 0 Å². The lowest BCUT2D eigenvalue weighted by molar-refractivity contribution is -0.144. The number of hydrogen-bond donors (Lipinski definition) is 0. The van der Waals surface area contributed by atoms with Crippen LogP contribution in [0.1, 0.15) is 17.5 Å². The molecule has 0 aromatic carbocycles. The van der Waals surface area contributed by atoms with E-state index in [0.717, 1.165) is 11.1 Å². The minimum Gasteiger partial charge on any atom is -0.406 e. The summed E-state index contributed by atoms with van der Waals surface area (Å²) < 4.78 is 11.1. The Morgan fingerprint density at radius 2 is 1.30 bits per heavy atom. The zero-order valence-electron chi connectivity index (χ0n) is 12.3. The van der Waals surface area contributed by atoms with Gasteiger partial charge in [0.15, 0.2) is 0 Å². The van der Waals surface area contributed by atoms with Crippen molar-refractivity contribution in [3.05, 3.63) is 44.6 Å².